The number of hydrogen-bond acceptors (Lipinski definition) is 7. The number of carbonyl (C=O) groups excluding carboxylic acids is 1. The van der Waals surface area contributed by atoms with Crippen LogP contribution in [0, 0.1) is 12.8 Å². The number of rotatable bonds is 6. The Labute approximate surface area is 204 Å². The van der Waals surface area contributed by atoms with Crippen molar-refractivity contribution in [2.45, 2.75) is 57.4 Å². The third kappa shape index (κ3) is 5.01. The van der Waals surface area contributed by atoms with Crippen LogP contribution < -0.4 is 15.1 Å². The molecule has 1 atom stereocenters. The van der Waals surface area contributed by atoms with Gasteiger partial charge in [-0.1, -0.05) is 43.1 Å². The highest BCUT2D eigenvalue weighted by Gasteiger charge is 2.31. The first kappa shape index (κ1) is 24.8. The van der Waals surface area contributed by atoms with Gasteiger partial charge >= 0.3 is 11.6 Å². The fourth-order valence-electron chi connectivity index (χ4n) is 4.12. The molecule has 0 radical (unpaired) electrons. The number of ether oxygens (including phenoxy) is 1. The quantitative estimate of drug-likeness (QED) is 0.218. The number of carbonyl (C=O) groups is 1. The second-order valence-corrected chi connectivity index (χ2v) is 11.2. The lowest BCUT2D eigenvalue weighted by Gasteiger charge is -2.37. The van der Waals surface area contributed by atoms with Gasteiger partial charge in [-0.2, -0.15) is 0 Å². The van der Waals surface area contributed by atoms with Crippen molar-refractivity contribution in [3.8, 4) is 5.75 Å². The SMILES string of the molecule is Cc1ccc(S(O)(O)NC(C(=O)Oc2cc3oc(=O)c4c(c3cc2Cl)CCCC4)C(C)C)cc1. The lowest BCUT2D eigenvalue weighted by molar-refractivity contribution is -0.137. The third-order valence-corrected chi connectivity index (χ3v) is 7.86. The Morgan fingerprint density at radius 1 is 1.12 bits per heavy atom. The van der Waals surface area contributed by atoms with Crippen LogP contribution in [0.5, 0.6) is 5.75 Å². The van der Waals surface area contributed by atoms with Crippen molar-refractivity contribution < 1.29 is 23.1 Å². The molecule has 1 aromatic heterocycles. The van der Waals surface area contributed by atoms with E-state index < -0.39 is 22.8 Å². The van der Waals surface area contributed by atoms with Gasteiger partial charge in [0, 0.05) is 17.0 Å². The molecule has 34 heavy (non-hydrogen) atoms. The van der Waals surface area contributed by atoms with E-state index in [9.17, 15) is 18.7 Å². The topological polar surface area (TPSA) is 109 Å². The molecular formula is C25H28ClNO6S. The summed E-state index contributed by atoms with van der Waals surface area (Å²) >= 11 is 6.45. The summed E-state index contributed by atoms with van der Waals surface area (Å²) in [7, 11) is -3.46. The highest BCUT2D eigenvalue weighted by molar-refractivity contribution is 8.22. The Morgan fingerprint density at radius 3 is 2.41 bits per heavy atom. The maximum absolute atomic E-state index is 13.1. The van der Waals surface area contributed by atoms with E-state index in [1.54, 1.807) is 44.2 Å². The summed E-state index contributed by atoms with van der Waals surface area (Å²) < 4.78 is 35.1. The lowest BCUT2D eigenvalue weighted by Crippen LogP contribution is -2.44. The first-order chi connectivity index (χ1) is 16.1. The molecule has 1 aliphatic carbocycles. The number of nitrogens with one attached hydrogen (secondary N) is 1. The zero-order valence-corrected chi connectivity index (χ0v) is 20.8. The van der Waals surface area contributed by atoms with Crippen LogP contribution in [0.4, 0.5) is 0 Å². The minimum atomic E-state index is -3.46. The average molecular weight is 506 g/mol. The van der Waals surface area contributed by atoms with Crippen LogP contribution >= 0.6 is 22.4 Å². The van der Waals surface area contributed by atoms with Gasteiger partial charge in [-0.25, -0.2) is 14.3 Å². The normalized spacial score (nSPS) is 15.3. The summed E-state index contributed by atoms with van der Waals surface area (Å²) in [6, 6.07) is 8.79. The molecule has 0 bridgehead atoms. The number of fused-ring (bicyclic) bond motifs is 3. The molecule has 0 saturated carbocycles. The molecule has 7 nitrogen and oxygen atoms in total. The highest BCUT2D eigenvalue weighted by Crippen LogP contribution is 2.45. The van der Waals surface area contributed by atoms with E-state index in [2.05, 4.69) is 4.72 Å². The molecule has 4 rings (SSSR count). The van der Waals surface area contributed by atoms with Gasteiger partial charge in [0.1, 0.15) is 11.6 Å². The fraction of sp³-hybridized carbons (Fsp3) is 0.360. The summed E-state index contributed by atoms with van der Waals surface area (Å²) in [5.74, 6) is -1.02. The molecule has 1 unspecified atom stereocenters. The second-order valence-electron chi connectivity index (χ2n) is 8.96. The monoisotopic (exact) mass is 505 g/mol. The minimum Gasteiger partial charge on any atom is -0.424 e. The van der Waals surface area contributed by atoms with Crippen LogP contribution in [0.1, 0.15) is 43.4 Å². The average Bonchev–Trinajstić information content (AvgIpc) is 2.79. The molecule has 182 valence electrons. The Hall–Kier alpha value is -2.36. The smallest absolute Gasteiger partial charge is 0.339 e. The number of benzene rings is 2. The van der Waals surface area contributed by atoms with E-state index in [-0.39, 0.29) is 27.2 Å². The van der Waals surface area contributed by atoms with Gasteiger partial charge in [-0.3, -0.25) is 9.11 Å². The molecule has 2 aromatic carbocycles. The van der Waals surface area contributed by atoms with Crippen molar-refractivity contribution in [2.24, 2.45) is 5.92 Å². The van der Waals surface area contributed by atoms with Gasteiger partial charge in [-0.05, 0) is 62.3 Å². The first-order valence-electron chi connectivity index (χ1n) is 11.2. The van der Waals surface area contributed by atoms with Crippen LogP contribution in [0.3, 0.4) is 0 Å². The van der Waals surface area contributed by atoms with Gasteiger partial charge < -0.3 is 9.15 Å². The Bertz CT molecular complexity index is 1290. The molecule has 0 saturated heterocycles. The molecule has 9 heteroatoms. The van der Waals surface area contributed by atoms with Gasteiger partial charge in [0.05, 0.1) is 9.92 Å². The van der Waals surface area contributed by atoms with Crippen LogP contribution in [-0.2, 0) is 17.6 Å². The summed E-state index contributed by atoms with van der Waals surface area (Å²) in [5.41, 5.74) is 2.51. The van der Waals surface area contributed by atoms with Crippen LogP contribution in [0.25, 0.3) is 11.0 Å². The maximum Gasteiger partial charge on any atom is 0.339 e. The zero-order valence-electron chi connectivity index (χ0n) is 19.3. The molecule has 1 aliphatic rings. The molecule has 0 spiro atoms. The minimum absolute atomic E-state index is 0.0392. The summed E-state index contributed by atoms with van der Waals surface area (Å²) in [6.07, 6.45) is 3.37. The highest BCUT2D eigenvalue weighted by atomic mass is 35.5. The van der Waals surface area contributed by atoms with Gasteiger partial charge in [0.25, 0.3) is 0 Å². The predicted molar refractivity (Wildman–Crippen MR) is 134 cm³/mol. The maximum atomic E-state index is 13.1. The largest absolute Gasteiger partial charge is 0.424 e. The van der Waals surface area contributed by atoms with Crippen molar-refractivity contribution in [1.29, 1.82) is 0 Å². The summed E-state index contributed by atoms with van der Waals surface area (Å²) in [6.45, 7) is 5.41. The third-order valence-electron chi connectivity index (χ3n) is 6.05. The van der Waals surface area contributed by atoms with Crippen molar-refractivity contribution in [3.05, 3.63) is 68.5 Å². The Kier molecular flexibility index (Phi) is 7.07. The molecule has 0 aliphatic heterocycles. The van der Waals surface area contributed by atoms with E-state index in [1.807, 2.05) is 6.92 Å². The van der Waals surface area contributed by atoms with E-state index in [0.29, 0.717) is 17.6 Å². The van der Waals surface area contributed by atoms with Crippen molar-refractivity contribution in [2.75, 3.05) is 0 Å². The van der Waals surface area contributed by atoms with Crippen molar-refractivity contribution >= 4 is 39.3 Å². The first-order valence-corrected chi connectivity index (χ1v) is 13.1. The van der Waals surface area contributed by atoms with Crippen LogP contribution in [0.15, 0.2) is 50.5 Å². The van der Waals surface area contributed by atoms with Crippen LogP contribution in [0.2, 0.25) is 5.02 Å². The molecule has 3 aromatic rings. The number of halogens is 1. The standard InChI is InChI=1S/C25H28ClNO6S/c1-14(2)23(27-34(30,31)16-10-8-15(3)9-11-16)25(29)33-22-13-21-19(12-20(22)26)17-6-4-5-7-18(17)24(28)32-21/h8-14,23,27,30-31H,4-7H2,1-3H3. The van der Waals surface area contributed by atoms with E-state index >= 15 is 0 Å². The van der Waals surface area contributed by atoms with Crippen molar-refractivity contribution in [1.82, 2.24) is 4.72 Å². The summed E-state index contributed by atoms with van der Waals surface area (Å²) in [5, 5.41) is 0.946. The van der Waals surface area contributed by atoms with Gasteiger partial charge in [-0.15, -0.1) is 10.8 Å². The second kappa shape index (κ2) is 9.71. The van der Waals surface area contributed by atoms with E-state index in [4.69, 9.17) is 20.8 Å². The van der Waals surface area contributed by atoms with E-state index in [1.165, 1.54) is 6.07 Å². The number of aryl methyl sites for hydroxylation is 2. The van der Waals surface area contributed by atoms with Gasteiger partial charge in [0.2, 0.25) is 0 Å². The molecule has 1 heterocycles. The fourth-order valence-corrected chi connectivity index (χ4v) is 5.70. The molecular weight excluding hydrogens is 478 g/mol. The van der Waals surface area contributed by atoms with Crippen molar-refractivity contribution in [3.63, 3.8) is 0 Å². The lowest BCUT2D eigenvalue weighted by atomic mass is 9.90. The molecule has 0 amide bonds. The zero-order chi connectivity index (χ0) is 24.6. The van der Waals surface area contributed by atoms with Gasteiger partial charge in [0.15, 0.2) is 5.75 Å². The van der Waals surface area contributed by atoms with Crippen LogP contribution in [-0.4, -0.2) is 21.1 Å². The predicted octanol–water partition coefficient (Wildman–Crippen LogP) is 5.88. The Morgan fingerprint density at radius 2 is 1.76 bits per heavy atom. The van der Waals surface area contributed by atoms with E-state index in [0.717, 1.165) is 35.8 Å². The summed E-state index contributed by atoms with van der Waals surface area (Å²) in [4.78, 5) is 25.8. The number of esters is 1. The molecule has 0 fully saturated rings. The number of hydrogen-bond donors (Lipinski definition) is 3. The Balaban J connectivity index is 1.62. The molecule has 3 N–H and O–H groups in total.